The summed E-state index contributed by atoms with van der Waals surface area (Å²) >= 11 is 0. The van der Waals surface area contributed by atoms with Gasteiger partial charge < -0.3 is 5.73 Å². The molecule has 1 rings (SSSR count). The minimum atomic E-state index is -3.26. The van der Waals surface area contributed by atoms with Crippen LogP contribution in [-0.4, -0.2) is 26.3 Å². The van der Waals surface area contributed by atoms with Gasteiger partial charge in [0, 0.05) is 12.6 Å². The van der Waals surface area contributed by atoms with E-state index < -0.39 is 15.3 Å². The van der Waals surface area contributed by atoms with Gasteiger partial charge in [-0.25, -0.2) is 13.1 Å². The quantitative estimate of drug-likeness (QED) is 0.751. The number of rotatable bonds is 4. The van der Waals surface area contributed by atoms with Crippen LogP contribution in [0.25, 0.3) is 0 Å². The van der Waals surface area contributed by atoms with Crippen LogP contribution in [0.15, 0.2) is 0 Å². The Morgan fingerprint density at radius 2 is 1.67 bits per heavy atom. The Balaban J connectivity index is 2.75. The number of hydrogen-bond acceptors (Lipinski definition) is 3. The van der Waals surface area contributed by atoms with Gasteiger partial charge in [-0.1, -0.05) is 27.7 Å². The Kier molecular flexibility index (Phi) is 2.96. The molecule has 1 atom stereocenters. The van der Waals surface area contributed by atoms with Crippen molar-refractivity contribution in [2.75, 3.05) is 6.54 Å². The van der Waals surface area contributed by atoms with Crippen molar-refractivity contribution in [3.8, 4) is 0 Å². The molecule has 3 N–H and O–H groups in total. The highest BCUT2D eigenvalue weighted by atomic mass is 32.2. The molecule has 90 valence electrons. The molecule has 0 radical (unpaired) electrons. The molecule has 1 aliphatic carbocycles. The summed E-state index contributed by atoms with van der Waals surface area (Å²) in [6.45, 7) is 10.1. The lowest BCUT2D eigenvalue weighted by molar-refractivity contribution is 0.457. The number of nitrogens with one attached hydrogen (secondary N) is 1. The molecule has 1 unspecified atom stereocenters. The minimum Gasteiger partial charge on any atom is -0.329 e. The molecule has 5 heteroatoms. The van der Waals surface area contributed by atoms with Crippen LogP contribution in [0.1, 0.15) is 34.6 Å². The molecular weight excluding hydrogens is 212 g/mol. The van der Waals surface area contributed by atoms with E-state index in [0.717, 1.165) is 0 Å². The zero-order valence-electron chi connectivity index (χ0n) is 10.2. The molecule has 0 spiro atoms. The summed E-state index contributed by atoms with van der Waals surface area (Å²) in [5.74, 6) is 0. The van der Waals surface area contributed by atoms with Gasteiger partial charge in [-0.3, -0.25) is 0 Å². The van der Waals surface area contributed by atoms with Gasteiger partial charge >= 0.3 is 0 Å². The van der Waals surface area contributed by atoms with Crippen LogP contribution >= 0.6 is 0 Å². The first-order chi connectivity index (χ1) is 6.57. The molecule has 0 aliphatic heterocycles. The zero-order chi connectivity index (χ0) is 12.1. The van der Waals surface area contributed by atoms with Crippen LogP contribution in [-0.2, 0) is 10.0 Å². The Morgan fingerprint density at radius 1 is 1.27 bits per heavy atom. The van der Waals surface area contributed by atoms with E-state index in [9.17, 15) is 8.42 Å². The van der Waals surface area contributed by atoms with Gasteiger partial charge in [-0.2, -0.15) is 0 Å². The summed E-state index contributed by atoms with van der Waals surface area (Å²) in [6.07, 6.45) is 0. The number of nitrogens with two attached hydrogens (primary N) is 1. The van der Waals surface area contributed by atoms with E-state index in [2.05, 4.69) is 32.4 Å². The largest absolute Gasteiger partial charge is 0.329 e. The Labute approximate surface area is 92.7 Å². The fourth-order valence-electron chi connectivity index (χ4n) is 1.90. The van der Waals surface area contributed by atoms with Gasteiger partial charge in [0.15, 0.2) is 0 Å². The fourth-order valence-corrected chi connectivity index (χ4v) is 3.30. The lowest BCUT2D eigenvalue weighted by atomic mass is 10.0. The van der Waals surface area contributed by atoms with Gasteiger partial charge in [0.05, 0.1) is 5.25 Å². The molecule has 15 heavy (non-hydrogen) atoms. The third kappa shape index (κ3) is 1.92. The maximum absolute atomic E-state index is 11.8. The van der Waals surface area contributed by atoms with Crippen molar-refractivity contribution in [1.82, 2.24) is 4.72 Å². The van der Waals surface area contributed by atoms with E-state index in [1.165, 1.54) is 0 Å². The molecule has 0 aromatic heterocycles. The summed E-state index contributed by atoms with van der Waals surface area (Å²) in [4.78, 5) is 0. The third-order valence-corrected chi connectivity index (χ3v) is 5.98. The van der Waals surface area contributed by atoms with Crippen molar-refractivity contribution < 1.29 is 8.42 Å². The van der Waals surface area contributed by atoms with Crippen LogP contribution < -0.4 is 10.5 Å². The van der Waals surface area contributed by atoms with Crippen molar-refractivity contribution in [3.63, 3.8) is 0 Å². The fraction of sp³-hybridized carbons (Fsp3) is 1.00. The molecule has 1 aliphatic rings. The van der Waals surface area contributed by atoms with Crippen LogP contribution in [0.2, 0.25) is 0 Å². The molecule has 1 saturated carbocycles. The molecule has 0 aromatic rings. The maximum Gasteiger partial charge on any atom is 0.215 e. The van der Waals surface area contributed by atoms with Crippen molar-refractivity contribution in [2.45, 2.75) is 45.9 Å². The first-order valence-electron chi connectivity index (χ1n) is 5.28. The average Bonchev–Trinajstić information content (AvgIpc) is 2.46. The van der Waals surface area contributed by atoms with Crippen molar-refractivity contribution in [1.29, 1.82) is 0 Å². The molecule has 0 aromatic carbocycles. The topological polar surface area (TPSA) is 72.2 Å². The van der Waals surface area contributed by atoms with Crippen LogP contribution in [0.5, 0.6) is 0 Å². The highest BCUT2D eigenvalue weighted by Gasteiger charge is 2.66. The van der Waals surface area contributed by atoms with Gasteiger partial charge in [0.25, 0.3) is 0 Å². The first kappa shape index (κ1) is 12.9. The summed E-state index contributed by atoms with van der Waals surface area (Å²) in [6, 6.07) is 0.0176. The first-order valence-corrected chi connectivity index (χ1v) is 6.83. The van der Waals surface area contributed by atoms with Crippen LogP contribution in [0.4, 0.5) is 0 Å². The van der Waals surface area contributed by atoms with E-state index in [4.69, 9.17) is 5.73 Å². The molecule has 0 saturated heterocycles. The van der Waals surface area contributed by atoms with E-state index in [1.54, 1.807) is 6.92 Å². The number of hydrogen-bond donors (Lipinski definition) is 2. The Hall–Kier alpha value is -0.130. The van der Waals surface area contributed by atoms with E-state index in [-0.39, 0.29) is 23.4 Å². The molecule has 0 bridgehead atoms. The predicted molar refractivity (Wildman–Crippen MR) is 61.9 cm³/mol. The molecule has 4 nitrogen and oxygen atoms in total. The van der Waals surface area contributed by atoms with Crippen LogP contribution in [0.3, 0.4) is 0 Å². The second-order valence-electron chi connectivity index (χ2n) is 5.59. The lowest BCUT2D eigenvalue weighted by Gasteiger charge is -2.13. The second kappa shape index (κ2) is 3.43. The molecule has 0 amide bonds. The van der Waals surface area contributed by atoms with E-state index >= 15 is 0 Å². The van der Waals surface area contributed by atoms with Gasteiger partial charge in [0.1, 0.15) is 0 Å². The van der Waals surface area contributed by atoms with Gasteiger partial charge in [-0.15, -0.1) is 0 Å². The normalized spacial score (nSPS) is 26.3. The van der Waals surface area contributed by atoms with Crippen molar-refractivity contribution >= 4 is 10.0 Å². The van der Waals surface area contributed by atoms with Crippen molar-refractivity contribution in [3.05, 3.63) is 0 Å². The highest BCUT2D eigenvalue weighted by molar-refractivity contribution is 7.90. The van der Waals surface area contributed by atoms with Gasteiger partial charge in [-0.05, 0) is 17.8 Å². The minimum absolute atomic E-state index is 0.0176. The predicted octanol–water partition coefficient (Wildman–Crippen LogP) is 0.688. The monoisotopic (exact) mass is 234 g/mol. The van der Waals surface area contributed by atoms with E-state index in [1.807, 2.05) is 0 Å². The summed E-state index contributed by atoms with van der Waals surface area (Å²) < 4.78 is 26.3. The van der Waals surface area contributed by atoms with Crippen molar-refractivity contribution in [2.24, 2.45) is 16.6 Å². The molecule has 0 heterocycles. The SMILES string of the molecule is CC(CN)S(=O)(=O)NC1C(C)(C)C1(C)C. The Morgan fingerprint density at radius 3 is 1.93 bits per heavy atom. The number of sulfonamides is 1. The van der Waals surface area contributed by atoms with Gasteiger partial charge in [0.2, 0.25) is 10.0 Å². The lowest BCUT2D eigenvalue weighted by Crippen LogP contribution is -2.40. The molecule has 1 fully saturated rings. The smallest absolute Gasteiger partial charge is 0.215 e. The Bertz CT molecular complexity index is 332. The highest BCUT2D eigenvalue weighted by Crippen LogP contribution is 2.62. The standard InChI is InChI=1S/C10H22N2O2S/c1-7(6-11)15(13,14)12-8-9(2,3)10(8,4)5/h7-8,12H,6,11H2,1-5H3. The molecular formula is C10H22N2O2S. The maximum atomic E-state index is 11.8. The summed E-state index contributed by atoms with van der Waals surface area (Å²) in [5, 5.41) is -0.523. The summed E-state index contributed by atoms with van der Waals surface area (Å²) in [7, 11) is -3.26. The zero-order valence-corrected chi connectivity index (χ0v) is 11.0. The van der Waals surface area contributed by atoms with E-state index in [0.29, 0.717) is 0 Å². The van der Waals surface area contributed by atoms with Crippen LogP contribution in [0, 0.1) is 10.8 Å². The average molecular weight is 234 g/mol. The third-order valence-electron chi connectivity index (χ3n) is 4.16. The summed E-state index contributed by atoms with van der Waals surface area (Å²) in [5.41, 5.74) is 5.41. The second-order valence-corrected chi connectivity index (χ2v) is 7.72.